The van der Waals surface area contributed by atoms with Crippen LogP contribution in [-0.2, 0) is 14.8 Å². The van der Waals surface area contributed by atoms with Crippen molar-refractivity contribution in [3.63, 3.8) is 0 Å². The Hall–Kier alpha value is -2.68. The number of carbonyl (C=O) groups is 1. The first-order chi connectivity index (χ1) is 15.3. The quantitative estimate of drug-likeness (QED) is 0.396. The molecule has 0 unspecified atom stereocenters. The second-order valence-corrected chi connectivity index (χ2v) is 10.0. The summed E-state index contributed by atoms with van der Waals surface area (Å²) in [5.74, 6) is -0.260. The Balaban J connectivity index is 1.40. The monoisotopic (exact) mass is 474 g/mol. The summed E-state index contributed by atoms with van der Waals surface area (Å²) in [5.41, 5.74) is 2.27. The van der Waals surface area contributed by atoms with Crippen LogP contribution in [0, 0.1) is 19.8 Å². The molecule has 0 atom stereocenters. The largest absolute Gasteiger partial charge is 0.425 e. The molecule has 3 aromatic rings. The molecule has 1 aromatic heterocycles. The molecule has 2 heterocycles. The molecule has 0 bridgehead atoms. The van der Waals surface area contributed by atoms with E-state index < -0.39 is 21.9 Å². The maximum atomic E-state index is 12.9. The summed E-state index contributed by atoms with van der Waals surface area (Å²) >= 11 is 6.35. The fourth-order valence-electron chi connectivity index (χ4n) is 3.89. The topological polar surface area (TPSA) is 89.7 Å². The first-order valence-electron chi connectivity index (χ1n) is 10.3. The minimum Gasteiger partial charge on any atom is -0.425 e. The van der Waals surface area contributed by atoms with Gasteiger partial charge < -0.3 is 9.26 Å². The van der Waals surface area contributed by atoms with Gasteiger partial charge in [0.15, 0.2) is 5.76 Å². The first kappa shape index (κ1) is 22.5. The molecule has 1 fully saturated rings. The van der Waals surface area contributed by atoms with Crippen molar-refractivity contribution < 1.29 is 22.5 Å². The molecule has 9 heteroatoms. The number of hydrogen-bond acceptors (Lipinski definition) is 6. The molecule has 0 spiro atoms. The van der Waals surface area contributed by atoms with Crippen molar-refractivity contribution >= 4 is 27.6 Å². The Morgan fingerprint density at radius 1 is 1.09 bits per heavy atom. The molecule has 0 radical (unpaired) electrons. The molecule has 0 N–H and O–H groups in total. The van der Waals surface area contributed by atoms with Crippen molar-refractivity contribution in [3.05, 3.63) is 65.0 Å². The molecule has 7 nitrogen and oxygen atoms in total. The van der Waals surface area contributed by atoms with Crippen molar-refractivity contribution in [2.24, 2.45) is 5.92 Å². The van der Waals surface area contributed by atoms with Crippen LogP contribution in [0.4, 0.5) is 0 Å². The maximum absolute atomic E-state index is 12.9. The summed E-state index contributed by atoms with van der Waals surface area (Å²) < 4.78 is 37.8. The second kappa shape index (κ2) is 9.05. The number of carbonyl (C=O) groups excluding carboxylic acids is 1. The van der Waals surface area contributed by atoms with Crippen molar-refractivity contribution in [1.82, 2.24) is 9.46 Å². The number of nitrogens with zero attached hydrogens (tertiary/aromatic N) is 2. The number of benzene rings is 2. The highest BCUT2D eigenvalue weighted by Crippen LogP contribution is 2.32. The van der Waals surface area contributed by atoms with E-state index in [0.29, 0.717) is 29.3 Å². The van der Waals surface area contributed by atoms with Crippen LogP contribution < -0.4 is 4.74 Å². The third-order valence-corrected chi connectivity index (χ3v) is 8.04. The predicted molar refractivity (Wildman–Crippen MR) is 120 cm³/mol. The van der Waals surface area contributed by atoms with Gasteiger partial charge >= 0.3 is 5.97 Å². The summed E-state index contributed by atoms with van der Waals surface area (Å²) in [6.45, 7) is 3.60. The SMILES string of the molecule is Cc1noc(C)c1S(=O)(=O)N1CCC(C(=O)Oc2ccc(-c3ccccc3)cc2Cl)CC1. The van der Waals surface area contributed by atoms with Crippen LogP contribution in [0.15, 0.2) is 57.9 Å². The molecule has 32 heavy (non-hydrogen) atoms. The fraction of sp³-hybridized carbons (Fsp3) is 0.304. The van der Waals surface area contributed by atoms with Crippen molar-refractivity contribution in [3.8, 4) is 16.9 Å². The molecule has 4 rings (SSSR count). The summed E-state index contributed by atoms with van der Waals surface area (Å²) in [4.78, 5) is 12.8. The van der Waals surface area contributed by atoms with Crippen LogP contribution in [0.1, 0.15) is 24.3 Å². The number of aromatic nitrogens is 1. The van der Waals surface area contributed by atoms with Crippen molar-refractivity contribution in [2.75, 3.05) is 13.1 Å². The predicted octanol–water partition coefficient (Wildman–Crippen LogP) is 4.62. The van der Waals surface area contributed by atoms with Crippen LogP contribution in [0.3, 0.4) is 0 Å². The number of halogens is 1. The Morgan fingerprint density at radius 3 is 2.38 bits per heavy atom. The van der Waals surface area contributed by atoms with E-state index in [1.54, 1.807) is 26.0 Å². The van der Waals surface area contributed by atoms with Gasteiger partial charge in [-0.1, -0.05) is 53.2 Å². The van der Waals surface area contributed by atoms with E-state index in [-0.39, 0.29) is 23.7 Å². The summed E-state index contributed by atoms with van der Waals surface area (Å²) in [7, 11) is -3.72. The molecule has 0 saturated carbocycles. The lowest BCUT2D eigenvalue weighted by molar-refractivity contribution is -0.140. The van der Waals surface area contributed by atoms with E-state index in [1.165, 1.54) is 4.31 Å². The molecule has 2 aromatic carbocycles. The van der Waals surface area contributed by atoms with E-state index in [2.05, 4.69) is 5.16 Å². The molecular formula is C23H23ClN2O5S. The van der Waals surface area contributed by atoms with Gasteiger partial charge in [-0.05, 0) is 49.9 Å². The normalized spacial score (nSPS) is 15.6. The van der Waals surface area contributed by atoms with Crippen LogP contribution in [0.2, 0.25) is 5.02 Å². The lowest BCUT2D eigenvalue weighted by Gasteiger charge is -2.30. The molecule has 0 amide bonds. The Labute approximate surface area is 192 Å². The minimum absolute atomic E-state index is 0.101. The van der Waals surface area contributed by atoms with E-state index in [1.807, 2.05) is 36.4 Å². The van der Waals surface area contributed by atoms with Gasteiger partial charge in [-0.15, -0.1) is 0 Å². The first-order valence-corrected chi connectivity index (χ1v) is 12.1. The standard InChI is InChI=1S/C23H23ClN2O5S/c1-15-22(16(2)31-25-15)32(28,29)26-12-10-18(11-13-26)23(27)30-21-9-8-19(14-20(21)24)17-6-4-3-5-7-17/h3-9,14,18H,10-13H2,1-2H3. The number of aryl methyl sites for hydroxylation is 2. The third-order valence-electron chi connectivity index (χ3n) is 5.60. The number of hydrogen-bond donors (Lipinski definition) is 0. The lowest BCUT2D eigenvalue weighted by atomic mass is 9.98. The number of piperidine rings is 1. The van der Waals surface area contributed by atoms with E-state index in [4.69, 9.17) is 20.9 Å². The van der Waals surface area contributed by atoms with E-state index in [9.17, 15) is 13.2 Å². The Kier molecular flexibility index (Phi) is 6.37. The van der Waals surface area contributed by atoms with Gasteiger partial charge in [0.1, 0.15) is 16.3 Å². The van der Waals surface area contributed by atoms with Gasteiger partial charge in [-0.25, -0.2) is 8.42 Å². The highest BCUT2D eigenvalue weighted by molar-refractivity contribution is 7.89. The van der Waals surface area contributed by atoms with Gasteiger partial charge in [-0.3, -0.25) is 4.79 Å². The second-order valence-electron chi connectivity index (χ2n) is 7.76. The van der Waals surface area contributed by atoms with Crippen LogP contribution in [0.25, 0.3) is 11.1 Å². The third kappa shape index (κ3) is 4.44. The Morgan fingerprint density at radius 2 is 1.78 bits per heavy atom. The zero-order chi connectivity index (χ0) is 22.9. The van der Waals surface area contributed by atoms with E-state index in [0.717, 1.165) is 11.1 Å². The van der Waals surface area contributed by atoms with Crippen molar-refractivity contribution in [1.29, 1.82) is 0 Å². The zero-order valence-electron chi connectivity index (χ0n) is 17.7. The highest BCUT2D eigenvalue weighted by atomic mass is 35.5. The van der Waals surface area contributed by atoms with Gasteiger partial charge in [0.25, 0.3) is 0 Å². The summed E-state index contributed by atoms with van der Waals surface area (Å²) in [6, 6.07) is 15.1. The molecule has 1 aliphatic rings. The molecule has 1 aliphatic heterocycles. The van der Waals surface area contributed by atoms with Crippen LogP contribution in [0.5, 0.6) is 5.75 Å². The number of esters is 1. The summed E-state index contributed by atoms with van der Waals surface area (Å²) in [5, 5.41) is 4.08. The molecular weight excluding hydrogens is 452 g/mol. The lowest BCUT2D eigenvalue weighted by Crippen LogP contribution is -2.41. The molecule has 0 aliphatic carbocycles. The molecule has 168 valence electrons. The van der Waals surface area contributed by atoms with Gasteiger partial charge in [0.2, 0.25) is 10.0 Å². The number of ether oxygens (including phenoxy) is 1. The minimum atomic E-state index is -3.72. The maximum Gasteiger partial charge on any atom is 0.314 e. The highest BCUT2D eigenvalue weighted by Gasteiger charge is 2.36. The van der Waals surface area contributed by atoms with Crippen molar-refractivity contribution in [2.45, 2.75) is 31.6 Å². The van der Waals surface area contributed by atoms with E-state index >= 15 is 0 Å². The smallest absolute Gasteiger partial charge is 0.314 e. The zero-order valence-corrected chi connectivity index (χ0v) is 19.3. The number of sulfonamides is 1. The van der Waals surface area contributed by atoms with Crippen LogP contribution in [-0.4, -0.2) is 36.9 Å². The Bertz CT molecular complexity index is 1210. The average molecular weight is 475 g/mol. The van der Waals surface area contributed by atoms with Gasteiger partial charge in [0, 0.05) is 13.1 Å². The fourth-order valence-corrected chi connectivity index (χ4v) is 5.87. The number of rotatable bonds is 5. The van der Waals surface area contributed by atoms with Gasteiger partial charge in [-0.2, -0.15) is 4.31 Å². The summed E-state index contributed by atoms with van der Waals surface area (Å²) in [6.07, 6.45) is 0.725. The van der Waals surface area contributed by atoms with Gasteiger partial charge in [0.05, 0.1) is 10.9 Å². The van der Waals surface area contributed by atoms with Crippen LogP contribution >= 0.6 is 11.6 Å². The average Bonchev–Trinajstić information content (AvgIpc) is 3.14. The molecule has 1 saturated heterocycles.